The van der Waals surface area contributed by atoms with E-state index in [-0.39, 0.29) is 5.97 Å². The lowest BCUT2D eigenvalue weighted by Crippen LogP contribution is -1.99. The summed E-state index contributed by atoms with van der Waals surface area (Å²) in [6.45, 7) is 1.77. The summed E-state index contributed by atoms with van der Waals surface area (Å²) in [6.07, 6.45) is 0. The van der Waals surface area contributed by atoms with E-state index in [4.69, 9.17) is 21.1 Å². The van der Waals surface area contributed by atoms with Crippen LogP contribution in [-0.2, 0) is 4.74 Å². The zero-order chi connectivity index (χ0) is 14.0. The number of nitrogens with zero attached hydrogens (tertiary/aromatic N) is 1. The maximum Gasteiger partial charge on any atom is 0.349 e. The van der Waals surface area contributed by atoms with Gasteiger partial charge in [-0.25, -0.2) is 9.78 Å². The molecule has 1 heterocycles. The molecule has 0 spiro atoms. The molecule has 0 saturated carbocycles. The van der Waals surface area contributed by atoms with Gasteiger partial charge in [0.05, 0.1) is 25.5 Å². The van der Waals surface area contributed by atoms with Crippen LogP contribution in [-0.4, -0.2) is 25.2 Å². The minimum absolute atomic E-state index is 0.380. The zero-order valence-corrected chi connectivity index (χ0v) is 12.3. The maximum absolute atomic E-state index is 11.6. The second-order valence-corrected chi connectivity index (χ2v) is 5.21. The molecule has 1 aromatic heterocycles. The number of ether oxygens (including phenoxy) is 2. The molecule has 0 aliphatic heterocycles. The number of hydrogen-bond donors (Lipinski definition) is 0. The van der Waals surface area contributed by atoms with Gasteiger partial charge in [0.2, 0.25) is 0 Å². The highest BCUT2D eigenvalue weighted by Gasteiger charge is 2.18. The Morgan fingerprint density at radius 2 is 2.11 bits per heavy atom. The van der Waals surface area contributed by atoms with Gasteiger partial charge in [-0.15, -0.1) is 11.3 Å². The fourth-order valence-electron chi connectivity index (χ4n) is 1.64. The van der Waals surface area contributed by atoms with Crippen LogP contribution in [0.5, 0.6) is 5.75 Å². The summed E-state index contributed by atoms with van der Waals surface area (Å²) in [5, 5.41) is 1.29. The first-order valence-electron chi connectivity index (χ1n) is 5.46. The number of methoxy groups -OCH3 is 2. The highest BCUT2D eigenvalue weighted by molar-refractivity contribution is 7.17. The van der Waals surface area contributed by atoms with E-state index in [1.165, 1.54) is 18.4 Å². The number of rotatable bonds is 3. The fraction of sp³-hybridized carbons (Fsp3) is 0.231. The predicted molar refractivity (Wildman–Crippen MR) is 75.2 cm³/mol. The van der Waals surface area contributed by atoms with Crippen molar-refractivity contribution in [2.24, 2.45) is 0 Å². The lowest BCUT2D eigenvalue weighted by Gasteiger charge is -2.05. The first-order valence-corrected chi connectivity index (χ1v) is 6.66. The van der Waals surface area contributed by atoms with Crippen LogP contribution < -0.4 is 4.74 Å². The van der Waals surface area contributed by atoms with E-state index in [1.54, 1.807) is 26.2 Å². The quantitative estimate of drug-likeness (QED) is 0.813. The Labute approximate surface area is 120 Å². The summed E-state index contributed by atoms with van der Waals surface area (Å²) in [7, 11) is 2.92. The second-order valence-electron chi connectivity index (χ2n) is 3.77. The molecular weight excluding hydrogens is 286 g/mol. The molecule has 0 N–H and O–H groups in total. The average molecular weight is 298 g/mol. The number of thiazole rings is 1. The Morgan fingerprint density at radius 1 is 1.37 bits per heavy atom. The van der Waals surface area contributed by atoms with Gasteiger partial charge in [0, 0.05) is 5.02 Å². The van der Waals surface area contributed by atoms with Crippen LogP contribution in [0, 0.1) is 6.92 Å². The third-order valence-electron chi connectivity index (χ3n) is 2.56. The van der Waals surface area contributed by atoms with Gasteiger partial charge < -0.3 is 9.47 Å². The van der Waals surface area contributed by atoms with Crippen molar-refractivity contribution in [1.82, 2.24) is 4.98 Å². The minimum Gasteiger partial charge on any atom is -0.496 e. The van der Waals surface area contributed by atoms with E-state index in [9.17, 15) is 4.79 Å². The van der Waals surface area contributed by atoms with Gasteiger partial charge in [0.15, 0.2) is 0 Å². The Morgan fingerprint density at radius 3 is 2.74 bits per heavy atom. The van der Waals surface area contributed by atoms with Crippen molar-refractivity contribution in [2.75, 3.05) is 14.2 Å². The number of hydrogen-bond acceptors (Lipinski definition) is 5. The summed E-state index contributed by atoms with van der Waals surface area (Å²) in [5.74, 6) is 0.242. The Kier molecular flexibility index (Phi) is 4.07. The van der Waals surface area contributed by atoms with Crippen molar-refractivity contribution in [3.05, 3.63) is 33.8 Å². The van der Waals surface area contributed by atoms with Crippen LogP contribution in [0.4, 0.5) is 0 Å². The molecule has 0 atom stereocenters. The van der Waals surface area contributed by atoms with E-state index in [0.29, 0.717) is 26.4 Å². The van der Waals surface area contributed by atoms with Gasteiger partial charge in [-0.1, -0.05) is 11.6 Å². The number of aromatic nitrogens is 1. The van der Waals surface area contributed by atoms with Crippen molar-refractivity contribution in [3.8, 4) is 16.3 Å². The van der Waals surface area contributed by atoms with Gasteiger partial charge in [0.25, 0.3) is 0 Å². The van der Waals surface area contributed by atoms with Crippen LogP contribution in [0.25, 0.3) is 10.6 Å². The summed E-state index contributed by atoms with van der Waals surface area (Å²) >= 11 is 7.19. The number of halogens is 1. The monoisotopic (exact) mass is 297 g/mol. The molecule has 19 heavy (non-hydrogen) atoms. The lowest BCUT2D eigenvalue weighted by molar-refractivity contribution is 0.0605. The number of benzene rings is 1. The predicted octanol–water partition coefficient (Wildman–Crippen LogP) is 3.57. The summed E-state index contributed by atoms with van der Waals surface area (Å²) < 4.78 is 10.0. The topological polar surface area (TPSA) is 48.4 Å². The van der Waals surface area contributed by atoms with Crippen LogP contribution in [0.15, 0.2) is 18.2 Å². The van der Waals surface area contributed by atoms with Crippen molar-refractivity contribution >= 4 is 28.9 Å². The van der Waals surface area contributed by atoms with Crippen LogP contribution in [0.2, 0.25) is 5.02 Å². The molecular formula is C13H12ClNO3S. The van der Waals surface area contributed by atoms with E-state index in [0.717, 1.165) is 5.56 Å². The van der Waals surface area contributed by atoms with Gasteiger partial charge >= 0.3 is 5.97 Å². The van der Waals surface area contributed by atoms with Crippen LogP contribution >= 0.6 is 22.9 Å². The third-order valence-corrected chi connectivity index (χ3v) is 3.97. The first kappa shape index (κ1) is 13.8. The van der Waals surface area contributed by atoms with E-state index in [1.807, 2.05) is 6.07 Å². The number of aryl methyl sites for hydroxylation is 1. The third kappa shape index (κ3) is 2.72. The van der Waals surface area contributed by atoms with Gasteiger partial charge in [-0.2, -0.15) is 0 Å². The normalized spacial score (nSPS) is 10.3. The average Bonchev–Trinajstić information content (AvgIpc) is 2.79. The van der Waals surface area contributed by atoms with E-state index in [2.05, 4.69) is 4.98 Å². The van der Waals surface area contributed by atoms with Crippen molar-refractivity contribution in [3.63, 3.8) is 0 Å². The standard InChI is InChI=1S/C13H12ClNO3S/c1-7-11(13(16)18-3)19-12(15-7)9-5-4-8(14)6-10(9)17-2/h4-6H,1-3H3. The molecule has 100 valence electrons. The number of carbonyl (C=O) groups excluding carboxylic acids is 1. The number of esters is 1. The largest absolute Gasteiger partial charge is 0.496 e. The van der Waals surface area contributed by atoms with Gasteiger partial charge in [-0.05, 0) is 25.1 Å². The molecule has 0 saturated heterocycles. The lowest BCUT2D eigenvalue weighted by atomic mass is 10.2. The summed E-state index contributed by atoms with van der Waals surface area (Å²) in [5.41, 5.74) is 1.44. The molecule has 0 aliphatic carbocycles. The highest BCUT2D eigenvalue weighted by Crippen LogP contribution is 2.36. The van der Waals surface area contributed by atoms with Crippen molar-refractivity contribution < 1.29 is 14.3 Å². The van der Waals surface area contributed by atoms with Gasteiger partial charge in [0.1, 0.15) is 15.6 Å². The Bertz CT molecular complexity index is 624. The first-order chi connectivity index (χ1) is 9.06. The number of carbonyl (C=O) groups is 1. The molecule has 1 aromatic carbocycles. The molecule has 0 bridgehead atoms. The zero-order valence-electron chi connectivity index (χ0n) is 10.7. The molecule has 0 unspecified atom stereocenters. The van der Waals surface area contributed by atoms with Crippen molar-refractivity contribution in [1.29, 1.82) is 0 Å². The Hall–Kier alpha value is -1.59. The van der Waals surface area contributed by atoms with E-state index >= 15 is 0 Å². The fourth-order valence-corrected chi connectivity index (χ4v) is 2.81. The molecule has 0 fully saturated rings. The second kappa shape index (κ2) is 5.59. The maximum atomic E-state index is 11.6. The molecule has 0 radical (unpaired) electrons. The molecule has 0 aliphatic rings. The summed E-state index contributed by atoms with van der Waals surface area (Å²) in [6, 6.07) is 5.29. The SMILES string of the molecule is COC(=O)c1sc(-c2ccc(Cl)cc2OC)nc1C. The smallest absolute Gasteiger partial charge is 0.349 e. The molecule has 6 heteroatoms. The molecule has 2 aromatic rings. The van der Waals surface area contributed by atoms with Crippen LogP contribution in [0.1, 0.15) is 15.4 Å². The van der Waals surface area contributed by atoms with Crippen molar-refractivity contribution in [2.45, 2.75) is 6.92 Å². The van der Waals surface area contributed by atoms with E-state index < -0.39 is 0 Å². The molecule has 4 nitrogen and oxygen atoms in total. The van der Waals surface area contributed by atoms with Crippen LogP contribution in [0.3, 0.4) is 0 Å². The molecule has 0 amide bonds. The summed E-state index contributed by atoms with van der Waals surface area (Å²) in [4.78, 5) is 16.5. The van der Waals surface area contributed by atoms with Gasteiger partial charge in [-0.3, -0.25) is 0 Å². The molecule has 2 rings (SSSR count). The minimum atomic E-state index is -0.380. The Balaban J connectivity index is 2.51. The highest BCUT2D eigenvalue weighted by atomic mass is 35.5.